The van der Waals surface area contributed by atoms with Gasteiger partial charge in [-0.1, -0.05) is 112 Å². The highest BCUT2D eigenvalue weighted by molar-refractivity contribution is 9.10. The summed E-state index contributed by atoms with van der Waals surface area (Å²) in [4.78, 5) is 33.5. The number of aromatic nitrogens is 1. The number of esters is 1. The predicted octanol–water partition coefficient (Wildman–Crippen LogP) is 7.57. The zero-order valence-electron chi connectivity index (χ0n) is 25.7. The van der Waals surface area contributed by atoms with Gasteiger partial charge in [-0.05, 0) is 65.2 Å². The fourth-order valence-corrected chi connectivity index (χ4v) is 7.07. The number of nitrogens with zero attached hydrogens (tertiary/aromatic N) is 2. The molecule has 0 saturated carbocycles. The highest BCUT2D eigenvalue weighted by atomic mass is 79.9. The molecule has 6 aromatic rings. The third kappa shape index (κ3) is 6.14. The second kappa shape index (κ2) is 13.5. The summed E-state index contributed by atoms with van der Waals surface area (Å²) in [5.74, 6) is -0.404. The van der Waals surface area contributed by atoms with E-state index in [1.807, 2.05) is 97.1 Å². The number of fused-ring (bicyclic) bond motifs is 2. The van der Waals surface area contributed by atoms with Gasteiger partial charge >= 0.3 is 5.97 Å². The fourth-order valence-electron chi connectivity index (χ4n) is 5.82. The molecule has 0 unspecified atom stereocenters. The van der Waals surface area contributed by atoms with Gasteiger partial charge in [-0.25, -0.2) is 14.2 Å². The van der Waals surface area contributed by atoms with Crippen LogP contribution in [0.25, 0.3) is 22.5 Å². The first-order valence-electron chi connectivity index (χ1n) is 15.3. The van der Waals surface area contributed by atoms with E-state index in [1.165, 1.54) is 28.0 Å². The molecule has 1 atom stereocenters. The van der Waals surface area contributed by atoms with Crippen molar-refractivity contribution in [1.29, 1.82) is 0 Å². The molecule has 0 amide bonds. The summed E-state index contributed by atoms with van der Waals surface area (Å²) in [5.41, 5.74) is 3.27. The first-order chi connectivity index (χ1) is 23.4. The smallest absolute Gasteiger partial charge is 0.338 e. The molecule has 0 spiro atoms. The number of thiazole rings is 1. The molecule has 0 fully saturated rings. The average Bonchev–Trinajstić information content (AvgIpc) is 3.42. The highest BCUT2D eigenvalue weighted by Gasteiger charge is 2.35. The maximum Gasteiger partial charge on any atom is 0.338 e. The van der Waals surface area contributed by atoms with Crippen LogP contribution in [-0.2, 0) is 16.1 Å². The van der Waals surface area contributed by atoms with E-state index < -0.39 is 17.8 Å². The molecule has 1 aromatic heterocycles. The van der Waals surface area contributed by atoms with Gasteiger partial charge in [-0.3, -0.25) is 9.36 Å². The van der Waals surface area contributed by atoms with E-state index in [4.69, 9.17) is 14.5 Å². The van der Waals surface area contributed by atoms with Crippen LogP contribution in [0.2, 0.25) is 0 Å². The Labute approximate surface area is 287 Å². The Balaban J connectivity index is 1.45. The molecule has 7 rings (SSSR count). The Morgan fingerprint density at radius 3 is 2.42 bits per heavy atom. The lowest BCUT2D eigenvalue weighted by Gasteiger charge is -2.25. The van der Waals surface area contributed by atoms with Crippen molar-refractivity contribution in [2.45, 2.75) is 19.6 Å². The molecule has 48 heavy (non-hydrogen) atoms. The molecule has 2 heterocycles. The third-order valence-electron chi connectivity index (χ3n) is 8.07. The van der Waals surface area contributed by atoms with Gasteiger partial charge in [0.05, 0.1) is 28.5 Å². The first kappa shape index (κ1) is 31.5. The largest absolute Gasteiger partial charge is 0.488 e. The molecule has 0 aliphatic carbocycles. The normalized spacial score (nSPS) is 14.5. The lowest BCUT2D eigenvalue weighted by atomic mass is 9.93. The summed E-state index contributed by atoms with van der Waals surface area (Å²) in [6.45, 7) is 2.19. The van der Waals surface area contributed by atoms with E-state index in [1.54, 1.807) is 19.1 Å². The molecule has 9 heteroatoms. The number of rotatable bonds is 8. The van der Waals surface area contributed by atoms with Gasteiger partial charge in [-0.15, -0.1) is 0 Å². The highest BCUT2D eigenvalue weighted by Crippen LogP contribution is 2.35. The summed E-state index contributed by atoms with van der Waals surface area (Å²) >= 11 is 4.70. The van der Waals surface area contributed by atoms with Crippen molar-refractivity contribution in [1.82, 2.24) is 4.57 Å². The third-order valence-corrected chi connectivity index (χ3v) is 9.58. The molecule has 0 N–H and O–H groups in total. The van der Waals surface area contributed by atoms with Crippen LogP contribution >= 0.6 is 27.3 Å². The Morgan fingerprint density at radius 1 is 0.938 bits per heavy atom. The molecule has 0 bridgehead atoms. The Morgan fingerprint density at radius 2 is 1.67 bits per heavy atom. The predicted molar refractivity (Wildman–Crippen MR) is 190 cm³/mol. The van der Waals surface area contributed by atoms with Crippen LogP contribution in [0.4, 0.5) is 4.39 Å². The van der Waals surface area contributed by atoms with Crippen molar-refractivity contribution in [3.8, 4) is 5.75 Å². The van der Waals surface area contributed by atoms with Crippen LogP contribution < -0.4 is 19.6 Å². The van der Waals surface area contributed by atoms with Crippen molar-refractivity contribution < 1.29 is 18.7 Å². The van der Waals surface area contributed by atoms with E-state index in [9.17, 15) is 14.0 Å². The Hall–Kier alpha value is -5.12. The van der Waals surface area contributed by atoms with E-state index in [-0.39, 0.29) is 17.7 Å². The second-order valence-corrected chi connectivity index (χ2v) is 13.0. The van der Waals surface area contributed by atoms with Gasteiger partial charge in [0.25, 0.3) is 5.56 Å². The van der Waals surface area contributed by atoms with Crippen LogP contribution in [-0.4, -0.2) is 17.1 Å². The topological polar surface area (TPSA) is 69.9 Å². The average molecular weight is 720 g/mol. The van der Waals surface area contributed by atoms with Gasteiger partial charge in [-0.2, -0.15) is 0 Å². The summed E-state index contributed by atoms with van der Waals surface area (Å²) in [6.07, 6.45) is 1.83. The SMILES string of the molecule is CCOC(=O)C1=C(c2ccccc2)N=c2s/c(=C\c3c(OCc4ccc(Br)cc4)ccc4ccccc34)c(=O)n2[C@@H]1c1ccc(F)cc1. The van der Waals surface area contributed by atoms with Gasteiger partial charge < -0.3 is 9.47 Å². The molecule has 6 nitrogen and oxygen atoms in total. The minimum Gasteiger partial charge on any atom is -0.488 e. The van der Waals surface area contributed by atoms with Gasteiger partial charge in [0.2, 0.25) is 0 Å². The molecular formula is C39H28BrFN2O4S. The van der Waals surface area contributed by atoms with E-state index in [2.05, 4.69) is 15.9 Å². The van der Waals surface area contributed by atoms with Gasteiger partial charge in [0.1, 0.15) is 18.2 Å². The molecule has 238 valence electrons. The zero-order chi connectivity index (χ0) is 33.2. The molecule has 1 aliphatic heterocycles. The van der Waals surface area contributed by atoms with E-state index in [0.717, 1.165) is 26.4 Å². The Bertz CT molecular complexity index is 2370. The van der Waals surface area contributed by atoms with Crippen molar-refractivity contribution in [3.63, 3.8) is 0 Å². The summed E-state index contributed by atoms with van der Waals surface area (Å²) in [7, 11) is 0. The van der Waals surface area contributed by atoms with Crippen LogP contribution in [0.5, 0.6) is 5.75 Å². The van der Waals surface area contributed by atoms with Crippen molar-refractivity contribution >= 4 is 55.8 Å². The number of carbonyl (C=O) groups is 1. The quantitative estimate of drug-likeness (QED) is 0.152. The number of carbonyl (C=O) groups excluding carboxylic acids is 1. The molecular weight excluding hydrogens is 691 g/mol. The minimum atomic E-state index is -0.904. The van der Waals surface area contributed by atoms with Crippen LogP contribution in [0.1, 0.15) is 35.2 Å². The monoisotopic (exact) mass is 718 g/mol. The van der Waals surface area contributed by atoms with Crippen molar-refractivity contribution in [2.75, 3.05) is 6.61 Å². The summed E-state index contributed by atoms with van der Waals surface area (Å²) < 4.78 is 28.9. The number of ether oxygens (including phenoxy) is 2. The summed E-state index contributed by atoms with van der Waals surface area (Å²) in [6, 6.07) is 34.0. The number of halogens is 2. The van der Waals surface area contributed by atoms with Crippen LogP contribution in [0.3, 0.4) is 0 Å². The van der Waals surface area contributed by atoms with Gasteiger partial charge in [0, 0.05) is 15.6 Å². The number of benzene rings is 5. The lowest BCUT2D eigenvalue weighted by Crippen LogP contribution is -2.40. The van der Waals surface area contributed by atoms with Crippen molar-refractivity contribution in [3.05, 3.63) is 173 Å². The van der Waals surface area contributed by atoms with Crippen molar-refractivity contribution in [2.24, 2.45) is 4.99 Å². The number of hydrogen-bond acceptors (Lipinski definition) is 6. The van der Waals surface area contributed by atoms with Crippen LogP contribution in [0, 0.1) is 5.82 Å². The molecule has 5 aromatic carbocycles. The molecule has 0 saturated heterocycles. The fraction of sp³-hybridized carbons (Fsp3) is 0.103. The van der Waals surface area contributed by atoms with E-state index in [0.29, 0.717) is 38.5 Å². The van der Waals surface area contributed by atoms with E-state index >= 15 is 0 Å². The first-order valence-corrected chi connectivity index (χ1v) is 16.9. The maximum absolute atomic E-state index is 14.5. The lowest BCUT2D eigenvalue weighted by molar-refractivity contribution is -0.138. The molecule has 0 radical (unpaired) electrons. The minimum absolute atomic E-state index is 0.134. The standard InChI is InChI=1S/C39H28BrFN2O4S/c1-2-46-38(45)34-35(26-9-4-3-5-10-26)42-39-43(36(34)27-14-19-29(41)20-15-27)37(44)33(48-39)22-31-30-11-7-6-8-25(30)16-21-32(31)47-23-24-12-17-28(40)18-13-24/h3-22,36H,2,23H2,1H3/b33-22-/t36-/m1/s1. The van der Waals surface area contributed by atoms with Gasteiger partial charge in [0.15, 0.2) is 4.80 Å². The van der Waals surface area contributed by atoms with Crippen LogP contribution in [0.15, 0.2) is 135 Å². The summed E-state index contributed by atoms with van der Waals surface area (Å²) in [5, 5.41) is 1.91. The number of hydrogen-bond donors (Lipinski definition) is 0. The zero-order valence-corrected chi connectivity index (χ0v) is 28.1. The second-order valence-electron chi connectivity index (χ2n) is 11.1. The molecule has 1 aliphatic rings. The maximum atomic E-state index is 14.5. The Kier molecular flexibility index (Phi) is 8.88.